The molecule has 62 heavy (non-hydrogen) atoms. The number of unbranched alkanes of at least 4 members (excludes halogenated alkanes) is 29. The smallest absolute Gasteiger partial charge is 0.306 e. The number of ether oxygens (including phenoxy) is 3. The van der Waals surface area contributed by atoms with E-state index in [-0.39, 0.29) is 31.1 Å². The van der Waals surface area contributed by atoms with Crippen LogP contribution in [0.1, 0.15) is 278 Å². The minimum atomic E-state index is -0.779. The van der Waals surface area contributed by atoms with Gasteiger partial charge in [-0.05, 0) is 83.0 Å². The van der Waals surface area contributed by atoms with Crippen LogP contribution in [-0.4, -0.2) is 37.2 Å². The van der Waals surface area contributed by atoms with E-state index in [1.54, 1.807) is 0 Å². The molecule has 0 aliphatic carbocycles. The first-order valence-corrected chi connectivity index (χ1v) is 26.8. The second-order valence-corrected chi connectivity index (χ2v) is 18.6. The summed E-state index contributed by atoms with van der Waals surface area (Å²) in [6.07, 6.45) is 57.0. The quantitative estimate of drug-likeness (QED) is 0.0262. The third-order valence-corrected chi connectivity index (χ3v) is 11.8. The maximum absolute atomic E-state index is 12.8. The summed E-state index contributed by atoms with van der Waals surface area (Å²) in [6, 6.07) is 0. The zero-order valence-corrected chi connectivity index (χ0v) is 41.6. The fourth-order valence-corrected chi connectivity index (χ4v) is 7.71. The Morgan fingerprint density at radius 2 is 0.677 bits per heavy atom. The van der Waals surface area contributed by atoms with Crippen molar-refractivity contribution in [1.29, 1.82) is 0 Å². The summed E-state index contributed by atoms with van der Waals surface area (Å²) in [4.78, 5) is 38.0. The van der Waals surface area contributed by atoms with Gasteiger partial charge in [-0.15, -0.1) is 0 Å². The second kappa shape index (κ2) is 49.6. The first kappa shape index (κ1) is 59.6. The molecule has 0 aromatic rings. The van der Waals surface area contributed by atoms with Crippen molar-refractivity contribution in [2.45, 2.75) is 284 Å². The van der Waals surface area contributed by atoms with Crippen LogP contribution >= 0.6 is 0 Å². The summed E-state index contributed by atoms with van der Waals surface area (Å²) < 4.78 is 16.8. The normalized spacial score (nSPS) is 12.3. The largest absolute Gasteiger partial charge is 0.462 e. The Labute approximate surface area is 385 Å². The van der Waals surface area contributed by atoms with Gasteiger partial charge in [0.05, 0.1) is 0 Å². The molecule has 0 bridgehead atoms. The van der Waals surface area contributed by atoms with Gasteiger partial charge in [0.15, 0.2) is 6.10 Å². The lowest BCUT2D eigenvalue weighted by Gasteiger charge is -2.18. The maximum Gasteiger partial charge on any atom is 0.306 e. The van der Waals surface area contributed by atoms with E-state index in [1.807, 2.05) is 0 Å². The van der Waals surface area contributed by atoms with Gasteiger partial charge < -0.3 is 14.2 Å². The van der Waals surface area contributed by atoms with Crippen LogP contribution in [0.15, 0.2) is 36.5 Å². The van der Waals surface area contributed by atoms with Crippen molar-refractivity contribution in [2.24, 2.45) is 5.92 Å². The molecular formula is C56H102O6. The van der Waals surface area contributed by atoms with Gasteiger partial charge in [0, 0.05) is 19.3 Å². The molecule has 0 unspecified atom stereocenters. The lowest BCUT2D eigenvalue weighted by Crippen LogP contribution is -2.30. The first-order chi connectivity index (χ1) is 30.4. The number of carbonyl (C=O) groups excluding carboxylic acids is 3. The fraction of sp³-hybridized carbons (Fsp3) is 0.839. The average Bonchev–Trinajstić information content (AvgIpc) is 3.26. The molecule has 6 nitrogen and oxygen atoms in total. The molecule has 0 fully saturated rings. The van der Waals surface area contributed by atoms with E-state index in [2.05, 4.69) is 64.2 Å². The van der Waals surface area contributed by atoms with Crippen LogP contribution in [0.3, 0.4) is 0 Å². The highest BCUT2D eigenvalue weighted by Crippen LogP contribution is 2.16. The molecule has 1 atom stereocenters. The van der Waals surface area contributed by atoms with Gasteiger partial charge in [0.25, 0.3) is 0 Å². The van der Waals surface area contributed by atoms with Crippen LogP contribution in [-0.2, 0) is 28.6 Å². The summed E-state index contributed by atoms with van der Waals surface area (Å²) in [5.74, 6) is -0.0679. The third kappa shape index (κ3) is 48.7. The number of allylic oxidation sites excluding steroid dienone is 6. The van der Waals surface area contributed by atoms with Gasteiger partial charge >= 0.3 is 17.9 Å². The van der Waals surface area contributed by atoms with E-state index in [0.29, 0.717) is 19.3 Å². The van der Waals surface area contributed by atoms with E-state index in [9.17, 15) is 14.4 Å². The molecule has 0 aliphatic heterocycles. The summed E-state index contributed by atoms with van der Waals surface area (Å²) in [7, 11) is 0. The molecule has 0 saturated carbocycles. The number of esters is 3. The van der Waals surface area contributed by atoms with Gasteiger partial charge in [-0.2, -0.15) is 0 Å². The molecule has 0 N–H and O–H groups in total. The molecule has 0 radical (unpaired) electrons. The average molecular weight is 871 g/mol. The second-order valence-electron chi connectivity index (χ2n) is 18.6. The molecule has 0 saturated heterocycles. The third-order valence-electron chi connectivity index (χ3n) is 11.8. The van der Waals surface area contributed by atoms with E-state index < -0.39 is 6.10 Å². The zero-order chi connectivity index (χ0) is 45.2. The minimum Gasteiger partial charge on any atom is -0.462 e. The maximum atomic E-state index is 12.8. The van der Waals surface area contributed by atoms with E-state index in [0.717, 1.165) is 89.4 Å². The molecule has 0 aliphatic rings. The molecule has 0 heterocycles. The number of rotatable bonds is 48. The Balaban J connectivity index is 4.39. The zero-order valence-electron chi connectivity index (χ0n) is 41.6. The summed E-state index contributed by atoms with van der Waals surface area (Å²) in [5.41, 5.74) is 0. The SMILES string of the molecule is CCCCC/C=C\C/C=C\CCCCCCCC(=O)OC[C@H](COC(=O)CCCCCCCCCCCCCC(C)C)OC(=O)CCCCCCC/C=C\CCCCCCCC. The van der Waals surface area contributed by atoms with Crippen LogP contribution in [0.25, 0.3) is 0 Å². The van der Waals surface area contributed by atoms with Crippen LogP contribution in [0.2, 0.25) is 0 Å². The molecule has 362 valence electrons. The van der Waals surface area contributed by atoms with Gasteiger partial charge in [0.2, 0.25) is 0 Å². The molecule has 0 spiro atoms. The van der Waals surface area contributed by atoms with Crippen molar-refractivity contribution in [1.82, 2.24) is 0 Å². The Kier molecular flexibility index (Phi) is 47.7. The summed E-state index contributed by atoms with van der Waals surface area (Å²) in [5, 5.41) is 0. The van der Waals surface area contributed by atoms with E-state index in [1.165, 1.54) is 148 Å². The highest BCUT2D eigenvalue weighted by Gasteiger charge is 2.19. The van der Waals surface area contributed by atoms with Gasteiger partial charge in [-0.1, -0.05) is 218 Å². The van der Waals surface area contributed by atoms with E-state index in [4.69, 9.17) is 14.2 Å². The summed E-state index contributed by atoms with van der Waals surface area (Å²) in [6.45, 7) is 8.95. The van der Waals surface area contributed by atoms with Crippen LogP contribution < -0.4 is 0 Å². The monoisotopic (exact) mass is 871 g/mol. The molecule has 0 rings (SSSR count). The Morgan fingerprint density at radius 1 is 0.371 bits per heavy atom. The van der Waals surface area contributed by atoms with Crippen molar-refractivity contribution in [3.8, 4) is 0 Å². The van der Waals surface area contributed by atoms with Crippen molar-refractivity contribution < 1.29 is 28.6 Å². The number of hydrogen-bond acceptors (Lipinski definition) is 6. The predicted molar refractivity (Wildman–Crippen MR) is 265 cm³/mol. The molecule has 0 aromatic carbocycles. The number of hydrogen-bond donors (Lipinski definition) is 0. The number of carbonyl (C=O) groups is 3. The fourth-order valence-electron chi connectivity index (χ4n) is 7.71. The van der Waals surface area contributed by atoms with Crippen molar-refractivity contribution in [3.63, 3.8) is 0 Å². The van der Waals surface area contributed by atoms with Crippen LogP contribution in [0, 0.1) is 5.92 Å². The van der Waals surface area contributed by atoms with Gasteiger partial charge in [-0.25, -0.2) is 0 Å². The Hall–Kier alpha value is -2.37. The molecular weight excluding hydrogens is 769 g/mol. The van der Waals surface area contributed by atoms with Crippen LogP contribution in [0.5, 0.6) is 0 Å². The first-order valence-electron chi connectivity index (χ1n) is 26.8. The Bertz CT molecular complexity index is 1060. The predicted octanol–water partition coefficient (Wildman–Crippen LogP) is 17.6. The minimum absolute atomic E-state index is 0.0780. The van der Waals surface area contributed by atoms with Crippen molar-refractivity contribution >= 4 is 17.9 Å². The highest BCUT2D eigenvalue weighted by molar-refractivity contribution is 5.71. The topological polar surface area (TPSA) is 78.9 Å². The molecule has 6 heteroatoms. The molecule has 0 aromatic heterocycles. The Morgan fingerprint density at radius 3 is 1.08 bits per heavy atom. The van der Waals surface area contributed by atoms with Crippen molar-refractivity contribution in [3.05, 3.63) is 36.5 Å². The lowest BCUT2D eigenvalue weighted by molar-refractivity contribution is -0.167. The van der Waals surface area contributed by atoms with Crippen molar-refractivity contribution in [2.75, 3.05) is 13.2 Å². The van der Waals surface area contributed by atoms with Gasteiger partial charge in [0.1, 0.15) is 13.2 Å². The summed E-state index contributed by atoms with van der Waals surface area (Å²) >= 11 is 0. The van der Waals surface area contributed by atoms with Gasteiger partial charge in [-0.3, -0.25) is 14.4 Å². The lowest BCUT2D eigenvalue weighted by atomic mass is 10.0. The van der Waals surface area contributed by atoms with E-state index >= 15 is 0 Å². The molecule has 0 amide bonds. The van der Waals surface area contributed by atoms with Crippen LogP contribution in [0.4, 0.5) is 0 Å². The highest BCUT2D eigenvalue weighted by atomic mass is 16.6. The standard InChI is InChI=1S/C56H102O6/c1-5-7-9-11-13-15-17-19-21-23-27-31-35-39-43-47-54(57)60-50-53(51-61-55(58)48-44-40-36-32-29-25-26-30-34-38-42-46-52(3)4)62-56(59)49-45-41-37-33-28-24-22-20-18-16-14-12-10-8-6-2/h13,15,19-22,52-53H,5-12,14,16-18,23-51H2,1-4H3/b15-13-,21-19-,22-20-/t53-/m1/s1.